The Morgan fingerprint density at radius 1 is 1.27 bits per heavy atom. The number of benzene rings is 1. The number of para-hydroxylation sites is 1. The highest BCUT2D eigenvalue weighted by molar-refractivity contribution is 7.13. The zero-order valence-electron chi connectivity index (χ0n) is 13.2. The number of rotatable bonds is 1. The summed E-state index contributed by atoms with van der Waals surface area (Å²) in [6.45, 7) is 0. The van der Waals surface area contributed by atoms with Crippen LogP contribution in [0.1, 0.15) is 11.1 Å². The average Bonchev–Trinajstić information content (AvgIpc) is 3.34. The Balaban J connectivity index is 1.93. The highest BCUT2D eigenvalue weighted by Gasteiger charge is 2.58. The smallest absolute Gasteiger partial charge is 0.245 e. The third-order valence-corrected chi connectivity index (χ3v) is 5.62. The van der Waals surface area contributed by atoms with Gasteiger partial charge in [0.1, 0.15) is 17.1 Å². The number of nitrogens with two attached hydrogens (primary N) is 1. The maximum Gasteiger partial charge on any atom is 0.245 e. The average molecular weight is 361 g/mol. The second kappa shape index (κ2) is 4.97. The lowest BCUT2D eigenvalue weighted by Crippen LogP contribution is -2.42. The normalized spacial score (nSPS) is 20.3. The third kappa shape index (κ3) is 1.60. The number of H-pyrrole nitrogens is 1. The van der Waals surface area contributed by atoms with E-state index in [4.69, 9.17) is 10.5 Å². The van der Waals surface area contributed by atoms with Crippen LogP contribution in [-0.2, 0) is 10.2 Å². The second-order valence-electron chi connectivity index (χ2n) is 5.96. The van der Waals surface area contributed by atoms with Gasteiger partial charge in [0.2, 0.25) is 17.7 Å². The van der Waals surface area contributed by atoms with E-state index in [1.54, 1.807) is 6.07 Å². The Bertz CT molecular complexity index is 1140. The van der Waals surface area contributed by atoms with Gasteiger partial charge in [-0.25, -0.2) is 0 Å². The van der Waals surface area contributed by atoms with Gasteiger partial charge < -0.3 is 15.8 Å². The number of ether oxygens (including phenoxy) is 1. The first-order valence-electron chi connectivity index (χ1n) is 7.79. The van der Waals surface area contributed by atoms with Gasteiger partial charge in [-0.15, -0.1) is 16.4 Å². The molecule has 0 aliphatic carbocycles. The molecule has 0 saturated heterocycles. The Kier molecular flexibility index (Phi) is 2.82. The van der Waals surface area contributed by atoms with Gasteiger partial charge in [0.05, 0.1) is 16.1 Å². The molecule has 4 heterocycles. The fourth-order valence-electron chi connectivity index (χ4n) is 3.70. The first kappa shape index (κ1) is 14.7. The Labute approximate surface area is 151 Å². The maximum absolute atomic E-state index is 13.3. The number of anilines is 1. The standard InChI is InChI=1S/C18H11N5O2S/c19-8-10-15(20)25-16-13(14(22-23-16)12-6-3-7-26-12)18(10)9-4-1-2-5-11(9)21-17(18)24/h1-7H,20H2,(H,21,24)(H,22,23). The van der Waals surface area contributed by atoms with Crippen molar-refractivity contribution in [3.63, 3.8) is 0 Å². The quantitative estimate of drug-likeness (QED) is 0.615. The molecular weight excluding hydrogens is 350 g/mol. The number of aromatic amines is 1. The highest BCUT2D eigenvalue weighted by Crippen LogP contribution is 2.55. The summed E-state index contributed by atoms with van der Waals surface area (Å²) in [6.07, 6.45) is 0. The van der Waals surface area contributed by atoms with E-state index in [0.29, 0.717) is 22.5 Å². The molecule has 1 unspecified atom stereocenters. The summed E-state index contributed by atoms with van der Waals surface area (Å²) in [5.74, 6) is -0.255. The van der Waals surface area contributed by atoms with Crippen LogP contribution in [0.5, 0.6) is 5.88 Å². The predicted molar refractivity (Wildman–Crippen MR) is 95.2 cm³/mol. The monoisotopic (exact) mass is 361 g/mol. The number of carbonyl (C=O) groups excluding carboxylic acids is 1. The van der Waals surface area contributed by atoms with Crippen molar-refractivity contribution < 1.29 is 9.53 Å². The lowest BCUT2D eigenvalue weighted by molar-refractivity contribution is -0.118. The molecule has 8 heteroatoms. The molecule has 4 N–H and O–H groups in total. The van der Waals surface area contributed by atoms with Crippen molar-refractivity contribution in [2.75, 3.05) is 5.32 Å². The van der Waals surface area contributed by atoms with Gasteiger partial charge >= 0.3 is 0 Å². The van der Waals surface area contributed by atoms with Crippen molar-refractivity contribution in [2.45, 2.75) is 5.41 Å². The van der Waals surface area contributed by atoms with Crippen LogP contribution in [0.4, 0.5) is 5.69 Å². The van der Waals surface area contributed by atoms with Crippen molar-refractivity contribution in [1.82, 2.24) is 10.2 Å². The van der Waals surface area contributed by atoms with Crippen molar-refractivity contribution in [3.05, 3.63) is 64.4 Å². The number of nitriles is 1. The zero-order chi connectivity index (χ0) is 17.9. The van der Waals surface area contributed by atoms with E-state index in [2.05, 4.69) is 21.6 Å². The number of fused-ring (bicyclic) bond motifs is 4. The Hall–Kier alpha value is -3.57. The first-order chi connectivity index (χ1) is 12.7. The molecule has 1 amide bonds. The summed E-state index contributed by atoms with van der Waals surface area (Å²) in [6, 6.07) is 13.2. The lowest BCUT2D eigenvalue weighted by Gasteiger charge is -2.31. The fourth-order valence-corrected chi connectivity index (χ4v) is 4.43. The Morgan fingerprint density at radius 3 is 2.88 bits per heavy atom. The van der Waals surface area contributed by atoms with Gasteiger partial charge in [0.25, 0.3) is 0 Å². The highest BCUT2D eigenvalue weighted by atomic mass is 32.1. The van der Waals surface area contributed by atoms with Crippen molar-refractivity contribution >= 4 is 22.9 Å². The number of nitrogens with zero attached hydrogens (tertiary/aromatic N) is 2. The molecule has 2 aliphatic heterocycles. The third-order valence-electron chi connectivity index (χ3n) is 4.74. The summed E-state index contributed by atoms with van der Waals surface area (Å²) < 4.78 is 5.58. The molecule has 2 aliphatic rings. The molecule has 0 radical (unpaired) electrons. The summed E-state index contributed by atoms with van der Waals surface area (Å²) in [7, 11) is 0. The second-order valence-corrected chi connectivity index (χ2v) is 6.91. The molecule has 7 nitrogen and oxygen atoms in total. The minimum absolute atomic E-state index is 0.0617. The molecule has 1 atom stereocenters. The summed E-state index contributed by atoms with van der Waals surface area (Å²) in [5, 5.41) is 21.8. The number of hydrogen-bond donors (Lipinski definition) is 3. The van der Waals surface area contributed by atoms with Gasteiger partial charge in [-0.05, 0) is 17.5 Å². The molecule has 1 spiro atoms. The molecule has 2 aromatic heterocycles. The van der Waals surface area contributed by atoms with E-state index < -0.39 is 5.41 Å². The summed E-state index contributed by atoms with van der Waals surface area (Å²) >= 11 is 1.50. The van der Waals surface area contributed by atoms with E-state index in [-0.39, 0.29) is 23.2 Å². The van der Waals surface area contributed by atoms with Crippen LogP contribution in [0.25, 0.3) is 10.6 Å². The number of thiophene rings is 1. The van der Waals surface area contributed by atoms with Crippen LogP contribution in [0.2, 0.25) is 0 Å². The molecule has 1 aromatic carbocycles. The van der Waals surface area contributed by atoms with Gasteiger partial charge in [-0.2, -0.15) is 5.26 Å². The number of aromatic nitrogens is 2. The molecule has 0 bridgehead atoms. The summed E-state index contributed by atoms with van der Waals surface area (Å²) in [4.78, 5) is 14.1. The fraction of sp³-hybridized carbons (Fsp3) is 0.0556. The van der Waals surface area contributed by atoms with Gasteiger partial charge in [-0.3, -0.25) is 9.89 Å². The van der Waals surface area contributed by atoms with Crippen LogP contribution in [-0.4, -0.2) is 16.1 Å². The van der Waals surface area contributed by atoms with Crippen molar-refractivity contribution in [1.29, 1.82) is 5.26 Å². The van der Waals surface area contributed by atoms with Crippen LogP contribution in [0.15, 0.2) is 53.2 Å². The SMILES string of the molecule is N#CC1=C(N)Oc2n[nH]c(-c3cccs3)c2C12C(=O)Nc1ccccc12. The van der Waals surface area contributed by atoms with Gasteiger partial charge in [-0.1, -0.05) is 24.3 Å². The van der Waals surface area contributed by atoms with Gasteiger partial charge in [0.15, 0.2) is 0 Å². The molecule has 0 saturated carbocycles. The van der Waals surface area contributed by atoms with E-state index in [1.807, 2.05) is 35.7 Å². The van der Waals surface area contributed by atoms with Crippen LogP contribution >= 0.6 is 11.3 Å². The lowest BCUT2D eigenvalue weighted by atomic mass is 9.69. The zero-order valence-corrected chi connectivity index (χ0v) is 14.1. The minimum Gasteiger partial charge on any atom is -0.420 e. The maximum atomic E-state index is 13.3. The minimum atomic E-state index is -1.39. The molecule has 5 rings (SSSR count). The summed E-state index contributed by atoms with van der Waals surface area (Å²) in [5.41, 5.74) is 7.13. The molecule has 3 aromatic rings. The molecule has 126 valence electrons. The van der Waals surface area contributed by atoms with Gasteiger partial charge in [0, 0.05) is 11.3 Å². The van der Waals surface area contributed by atoms with E-state index in [1.165, 1.54) is 11.3 Å². The first-order valence-corrected chi connectivity index (χ1v) is 8.67. The van der Waals surface area contributed by atoms with Crippen molar-refractivity contribution in [3.8, 4) is 22.5 Å². The van der Waals surface area contributed by atoms with Crippen LogP contribution in [0, 0.1) is 11.3 Å². The predicted octanol–water partition coefficient (Wildman–Crippen LogP) is 2.46. The molecular formula is C18H11N5O2S. The van der Waals surface area contributed by atoms with E-state index in [0.717, 1.165) is 4.88 Å². The Morgan fingerprint density at radius 2 is 2.12 bits per heavy atom. The van der Waals surface area contributed by atoms with E-state index in [9.17, 15) is 10.1 Å². The van der Waals surface area contributed by atoms with E-state index >= 15 is 0 Å². The number of amides is 1. The largest absolute Gasteiger partial charge is 0.420 e. The number of hydrogen-bond acceptors (Lipinski definition) is 6. The van der Waals surface area contributed by atoms with Crippen molar-refractivity contribution in [2.24, 2.45) is 5.73 Å². The molecule has 26 heavy (non-hydrogen) atoms. The van der Waals surface area contributed by atoms with Crippen LogP contribution < -0.4 is 15.8 Å². The molecule has 0 fully saturated rings. The topological polar surface area (TPSA) is 117 Å². The number of carbonyl (C=O) groups is 1. The number of nitrogens with one attached hydrogen (secondary N) is 2. The van der Waals surface area contributed by atoms with Crippen LogP contribution in [0.3, 0.4) is 0 Å².